The van der Waals surface area contributed by atoms with E-state index in [1.165, 1.54) is 11.8 Å². The number of amidine groups is 1. The molecule has 0 radical (unpaired) electrons. The Hall–Kier alpha value is -4.24. The summed E-state index contributed by atoms with van der Waals surface area (Å²) in [5.41, 5.74) is 8.02. The molecule has 4 heterocycles. The van der Waals surface area contributed by atoms with E-state index in [9.17, 15) is 10.1 Å². The summed E-state index contributed by atoms with van der Waals surface area (Å²) in [6, 6.07) is 10.5. The second kappa shape index (κ2) is 10.8. The largest absolute Gasteiger partial charge is 0.386 e. The lowest BCUT2D eigenvalue weighted by Crippen LogP contribution is -2.38. The predicted octanol–water partition coefficient (Wildman–Crippen LogP) is 1.64. The topological polar surface area (TPSA) is 178 Å². The highest BCUT2D eigenvalue weighted by Crippen LogP contribution is 2.27. The van der Waals surface area contributed by atoms with Gasteiger partial charge < -0.3 is 21.8 Å². The fourth-order valence-corrected chi connectivity index (χ4v) is 5.01. The number of nitrogens with one attached hydrogen (secondary N) is 2. The van der Waals surface area contributed by atoms with Gasteiger partial charge in [-0.25, -0.2) is 10.1 Å². The fourth-order valence-electron chi connectivity index (χ4n) is 5.01. The van der Waals surface area contributed by atoms with E-state index in [2.05, 4.69) is 53.6 Å². The Morgan fingerprint density at radius 2 is 1.86 bits per heavy atom. The van der Waals surface area contributed by atoms with Crippen molar-refractivity contribution >= 4 is 34.2 Å². The Balaban J connectivity index is 1.31. The summed E-state index contributed by atoms with van der Waals surface area (Å²) in [7, 11) is 0. The molecule has 5 rings (SSSR count). The highest BCUT2D eigenvalue weighted by molar-refractivity contribution is 5.90. The summed E-state index contributed by atoms with van der Waals surface area (Å²) in [4.78, 5) is 26.4. The van der Waals surface area contributed by atoms with Crippen molar-refractivity contribution in [3.8, 4) is 6.07 Å². The summed E-state index contributed by atoms with van der Waals surface area (Å²) in [6.45, 7) is 4.12. The molecule has 0 unspecified atom stereocenters. The standard InChI is InChI=1S/C25H31N11O/c26-13-16-5-11-36(12-6-16)25-31-20-14-29-34-24(37)21(20)23(32-25)30-19-3-1-17(2-4-19)15-35-9-7-18(8-10-35)22(27)33-28/h1-4,14,16,18H,5-12,15,28H2,(H2,27,33)(H,34,37)(H,30,31,32). The number of nitriles is 1. The Labute approximate surface area is 214 Å². The number of benzene rings is 1. The van der Waals surface area contributed by atoms with Gasteiger partial charge in [0.15, 0.2) is 0 Å². The molecule has 12 heteroatoms. The number of H-pyrrole nitrogens is 1. The van der Waals surface area contributed by atoms with Crippen LogP contribution in [-0.2, 0) is 6.54 Å². The molecule has 2 aliphatic heterocycles. The van der Waals surface area contributed by atoms with Crippen molar-refractivity contribution in [1.82, 2.24) is 25.1 Å². The fraction of sp³-hybridized carbons (Fsp3) is 0.440. The maximum Gasteiger partial charge on any atom is 0.277 e. The third kappa shape index (κ3) is 5.46. The van der Waals surface area contributed by atoms with Crippen molar-refractivity contribution < 1.29 is 0 Å². The van der Waals surface area contributed by atoms with Crippen molar-refractivity contribution in [2.45, 2.75) is 32.2 Å². The lowest BCUT2D eigenvalue weighted by atomic mass is 9.95. The lowest BCUT2D eigenvalue weighted by Gasteiger charge is -2.31. The van der Waals surface area contributed by atoms with Gasteiger partial charge in [0.05, 0.1) is 12.3 Å². The minimum absolute atomic E-state index is 0.0570. The zero-order valence-corrected chi connectivity index (χ0v) is 20.6. The molecule has 1 aromatic carbocycles. The van der Waals surface area contributed by atoms with Crippen LogP contribution in [0.4, 0.5) is 17.5 Å². The van der Waals surface area contributed by atoms with Crippen LogP contribution in [0.2, 0.25) is 0 Å². The van der Waals surface area contributed by atoms with E-state index in [-0.39, 0.29) is 17.4 Å². The maximum atomic E-state index is 12.6. The third-order valence-electron chi connectivity index (χ3n) is 7.24. The van der Waals surface area contributed by atoms with E-state index in [4.69, 9.17) is 16.6 Å². The van der Waals surface area contributed by atoms with Gasteiger partial charge in [-0.15, -0.1) is 0 Å². The molecule has 0 spiro atoms. The molecular formula is C25H31N11O. The quantitative estimate of drug-likeness (QED) is 0.168. The normalized spacial score (nSPS) is 18.1. The van der Waals surface area contributed by atoms with Crippen molar-refractivity contribution in [3.63, 3.8) is 0 Å². The SMILES string of the molecule is N#CC1CCN(c2nc(Nc3ccc(CN4CCC(/C(N)=N/N)CC4)cc3)c3c(=O)[nH]ncc3n2)CC1. The third-order valence-corrected chi connectivity index (χ3v) is 7.24. The van der Waals surface area contributed by atoms with Gasteiger partial charge in [-0.3, -0.25) is 9.69 Å². The molecule has 3 aromatic rings. The van der Waals surface area contributed by atoms with Gasteiger partial charge in [-0.2, -0.15) is 20.4 Å². The number of nitrogens with two attached hydrogens (primary N) is 2. The van der Waals surface area contributed by atoms with Crippen LogP contribution in [0.25, 0.3) is 10.9 Å². The van der Waals surface area contributed by atoms with Crippen LogP contribution in [0.5, 0.6) is 0 Å². The molecule has 37 heavy (non-hydrogen) atoms. The lowest BCUT2D eigenvalue weighted by molar-refractivity contribution is 0.201. The summed E-state index contributed by atoms with van der Waals surface area (Å²) in [5.74, 6) is 7.14. The zero-order valence-electron chi connectivity index (χ0n) is 20.6. The smallest absolute Gasteiger partial charge is 0.277 e. The van der Waals surface area contributed by atoms with Gasteiger partial charge in [0, 0.05) is 37.2 Å². The minimum Gasteiger partial charge on any atom is -0.386 e. The second-order valence-corrected chi connectivity index (χ2v) is 9.65. The first-order valence-corrected chi connectivity index (χ1v) is 12.6. The number of hydrogen-bond donors (Lipinski definition) is 4. The van der Waals surface area contributed by atoms with Crippen LogP contribution >= 0.6 is 0 Å². The Morgan fingerprint density at radius 1 is 1.14 bits per heavy atom. The number of rotatable bonds is 6. The summed E-state index contributed by atoms with van der Waals surface area (Å²) in [6.07, 6.45) is 4.97. The number of hydrogen-bond acceptors (Lipinski definition) is 10. The van der Waals surface area contributed by atoms with Gasteiger partial charge in [0.1, 0.15) is 22.6 Å². The van der Waals surface area contributed by atoms with Crippen molar-refractivity contribution in [2.24, 2.45) is 28.5 Å². The average molecular weight is 502 g/mol. The number of hydrazone groups is 1. The highest BCUT2D eigenvalue weighted by Gasteiger charge is 2.23. The van der Waals surface area contributed by atoms with Gasteiger partial charge >= 0.3 is 0 Å². The molecule has 2 aliphatic rings. The summed E-state index contributed by atoms with van der Waals surface area (Å²) < 4.78 is 0. The second-order valence-electron chi connectivity index (χ2n) is 9.65. The highest BCUT2D eigenvalue weighted by atomic mass is 16.1. The first kappa shape index (κ1) is 24.5. The van der Waals surface area contributed by atoms with Crippen LogP contribution in [0.1, 0.15) is 31.2 Å². The number of piperidine rings is 2. The number of aromatic amines is 1. The molecule has 0 atom stereocenters. The van der Waals surface area contributed by atoms with Gasteiger partial charge in [0.2, 0.25) is 5.95 Å². The van der Waals surface area contributed by atoms with Crippen LogP contribution in [0.3, 0.4) is 0 Å². The molecular weight excluding hydrogens is 470 g/mol. The van der Waals surface area contributed by atoms with E-state index in [0.717, 1.165) is 51.0 Å². The molecule has 12 nitrogen and oxygen atoms in total. The monoisotopic (exact) mass is 501 g/mol. The van der Waals surface area contributed by atoms with E-state index in [1.54, 1.807) is 0 Å². The number of aromatic nitrogens is 4. The van der Waals surface area contributed by atoms with Crippen molar-refractivity contribution in [1.29, 1.82) is 5.26 Å². The average Bonchev–Trinajstić information content (AvgIpc) is 2.94. The molecule has 6 N–H and O–H groups in total. The maximum absolute atomic E-state index is 12.6. The number of likely N-dealkylation sites (tertiary alicyclic amines) is 1. The van der Waals surface area contributed by atoms with Crippen LogP contribution in [-0.4, -0.2) is 57.1 Å². The zero-order chi connectivity index (χ0) is 25.8. The number of nitrogens with zero attached hydrogens (tertiary/aromatic N) is 7. The molecule has 0 aliphatic carbocycles. The molecule has 192 valence electrons. The molecule has 0 bridgehead atoms. The Morgan fingerprint density at radius 3 is 2.54 bits per heavy atom. The van der Waals surface area contributed by atoms with Crippen LogP contribution in [0.15, 0.2) is 40.4 Å². The first-order valence-electron chi connectivity index (χ1n) is 12.6. The van der Waals surface area contributed by atoms with Crippen molar-refractivity contribution in [2.75, 3.05) is 36.4 Å². The molecule has 2 aromatic heterocycles. The Bertz CT molecular complexity index is 1360. The minimum atomic E-state index is -0.352. The van der Waals surface area contributed by atoms with Gasteiger partial charge in [-0.1, -0.05) is 12.1 Å². The number of anilines is 3. The summed E-state index contributed by atoms with van der Waals surface area (Å²) >= 11 is 0. The van der Waals surface area contributed by atoms with E-state index < -0.39 is 0 Å². The predicted molar refractivity (Wildman–Crippen MR) is 142 cm³/mol. The van der Waals surface area contributed by atoms with Crippen molar-refractivity contribution in [3.05, 3.63) is 46.4 Å². The Kier molecular flexibility index (Phi) is 7.14. The first-order chi connectivity index (χ1) is 18.0. The van der Waals surface area contributed by atoms with Gasteiger partial charge in [-0.05, 0) is 56.5 Å². The molecule has 0 saturated carbocycles. The van der Waals surface area contributed by atoms with Crippen LogP contribution in [0, 0.1) is 23.2 Å². The van der Waals surface area contributed by atoms with E-state index >= 15 is 0 Å². The van der Waals surface area contributed by atoms with E-state index in [0.29, 0.717) is 41.6 Å². The molecule has 0 amide bonds. The van der Waals surface area contributed by atoms with E-state index in [1.807, 2.05) is 12.1 Å². The molecule has 2 fully saturated rings. The molecule has 2 saturated heterocycles. The van der Waals surface area contributed by atoms with Gasteiger partial charge in [0.25, 0.3) is 5.56 Å². The summed E-state index contributed by atoms with van der Waals surface area (Å²) in [5, 5.41) is 22.9. The van der Waals surface area contributed by atoms with Crippen LogP contribution < -0.4 is 27.4 Å². The number of fused-ring (bicyclic) bond motifs is 1.